The van der Waals surface area contributed by atoms with Crippen LogP contribution in [-0.2, 0) is 11.3 Å². The van der Waals surface area contributed by atoms with Gasteiger partial charge in [-0.15, -0.1) is 0 Å². The number of nitrogens with one attached hydrogen (secondary N) is 2. The van der Waals surface area contributed by atoms with Gasteiger partial charge in [0.05, 0.1) is 6.10 Å². The Hall–Kier alpha value is -2.18. The molecule has 6 nitrogen and oxygen atoms in total. The third kappa shape index (κ3) is 5.14. The fourth-order valence-corrected chi connectivity index (χ4v) is 2.78. The fraction of sp³-hybridized carbons (Fsp3) is 0.389. The Labute approximate surface area is 152 Å². The summed E-state index contributed by atoms with van der Waals surface area (Å²) in [4.78, 5) is 21.0. The Kier molecular flexibility index (Phi) is 5.83. The summed E-state index contributed by atoms with van der Waals surface area (Å²) < 4.78 is 5.57. The molecule has 1 atom stereocenters. The molecule has 1 aliphatic rings. The van der Waals surface area contributed by atoms with E-state index in [1.807, 2.05) is 19.1 Å². The molecule has 0 spiro atoms. The molecule has 7 heteroatoms. The molecule has 0 saturated carbocycles. The zero-order valence-electron chi connectivity index (χ0n) is 14.1. The molecule has 25 heavy (non-hydrogen) atoms. The first-order valence-electron chi connectivity index (χ1n) is 8.34. The van der Waals surface area contributed by atoms with Crippen LogP contribution in [0.5, 0.6) is 0 Å². The van der Waals surface area contributed by atoms with E-state index in [2.05, 4.69) is 20.6 Å². The van der Waals surface area contributed by atoms with Crippen molar-refractivity contribution in [3.63, 3.8) is 0 Å². The Balaban J connectivity index is 1.60. The van der Waals surface area contributed by atoms with Gasteiger partial charge in [0, 0.05) is 30.4 Å². The number of hydrogen-bond acceptors (Lipinski definition) is 5. The molecule has 0 radical (unpaired) electrons. The number of aromatic nitrogens is 2. The Bertz CT molecular complexity index is 730. The second kappa shape index (κ2) is 8.27. The number of benzene rings is 1. The first-order chi connectivity index (χ1) is 12.1. The minimum atomic E-state index is -0.236. The van der Waals surface area contributed by atoms with Crippen LogP contribution in [0, 0.1) is 6.92 Å². The number of amides is 1. The number of carbonyl (C=O) groups excluding carboxylic acids is 1. The zero-order chi connectivity index (χ0) is 17.6. The Morgan fingerprint density at radius 2 is 2.12 bits per heavy atom. The summed E-state index contributed by atoms with van der Waals surface area (Å²) >= 11 is 5.86. The summed E-state index contributed by atoms with van der Waals surface area (Å²) in [6, 6.07) is 9.02. The molecule has 3 rings (SSSR count). The van der Waals surface area contributed by atoms with Gasteiger partial charge in [-0.3, -0.25) is 4.79 Å². The number of nitrogens with zero attached hydrogens (tertiary/aromatic N) is 2. The van der Waals surface area contributed by atoms with Crippen LogP contribution in [0.15, 0.2) is 30.3 Å². The van der Waals surface area contributed by atoms with Gasteiger partial charge in [0.1, 0.15) is 5.69 Å². The van der Waals surface area contributed by atoms with Gasteiger partial charge in [0.2, 0.25) is 5.95 Å². The second-order valence-corrected chi connectivity index (χ2v) is 6.48. The van der Waals surface area contributed by atoms with E-state index in [1.54, 1.807) is 18.2 Å². The third-order valence-corrected chi connectivity index (χ3v) is 4.22. The largest absolute Gasteiger partial charge is 0.376 e. The number of halogens is 1. The normalized spacial score (nSPS) is 16.6. The number of anilines is 1. The third-order valence-electron chi connectivity index (χ3n) is 3.97. The van der Waals surface area contributed by atoms with Gasteiger partial charge in [-0.2, -0.15) is 0 Å². The number of hydrogen-bond donors (Lipinski definition) is 2. The molecule has 0 aliphatic carbocycles. The summed E-state index contributed by atoms with van der Waals surface area (Å²) in [7, 11) is 0. The van der Waals surface area contributed by atoms with Crippen molar-refractivity contribution in [2.45, 2.75) is 32.4 Å². The highest BCUT2D eigenvalue weighted by Crippen LogP contribution is 2.13. The van der Waals surface area contributed by atoms with Crippen LogP contribution in [0.1, 0.15) is 34.6 Å². The molecule has 2 N–H and O–H groups in total. The van der Waals surface area contributed by atoms with E-state index in [4.69, 9.17) is 16.3 Å². The fourth-order valence-electron chi connectivity index (χ4n) is 2.65. The van der Waals surface area contributed by atoms with Crippen molar-refractivity contribution >= 4 is 23.5 Å². The number of ether oxygens (including phenoxy) is 1. The number of carbonyl (C=O) groups is 1. The van der Waals surface area contributed by atoms with Gasteiger partial charge >= 0.3 is 0 Å². The zero-order valence-corrected chi connectivity index (χ0v) is 14.8. The molecule has 1 aromatic heterocycles. The van der Waals surface area contributed by atoms with Crippen molar-refractivity contribution in [2.24, 2.45) is 0 Å². The van der Waals surface area contributed by atoms with Gasteiger partial charge in [-0.05, 0) is 43.5 Å². The molecule has 2 heterocycles. The lowest BCUT2D eigenvalue weighted by atomic mass is 10.2. The minimum absolute atomic E-state index is 0.186. The number of rotatable bonds is 6. The maximum atomic E-state index is 12.4. The molecule has 132 valence electrons. The van der Waals surface area contributed by atoms with E-state index in [-0.39, 0.29) is 12.0 Å². The van der Waals surface area contributed by atoms with Crippen molar-refractivity contribution in [1.29, 1.82) is 0 Å². The van der Waals surface area contributed by atoms with Crippen LogP contribution in [-0.4, -0.2) is 35.1 Å². The van der Waals surface area contributed by atoms with Gasteiger partial charge in [-0.25, -0.2) is 9.97 Å². The predicted octanol–water partition coefficient (Wildman–Crippen LogP) is 2.96. The molecule has 2 aromatic rings. The highest BCUT2D eigenvalue weighted by Gasteiger charge is 2.16. The predicted molar refractivity (Wildman–Crippen MR) is 96.9 cm³/mol. The molecular formula is C18H21ClN4O2. The lowest BCUT2D eigenvalue weighted by molar-refractivity contribution is 0.0945. The van der Waals surface area contributed by atoms with Crippen molar-refractivity contribution in [1.82, 2.24) is 15.3 Å². The molecule has 1 amide bonds. The highest BCUT2D eigenvalue weighted by atomic mass is 35.5. The maximum Gasteiger partial charge on any atom is 0.270 e. The van der Waals surface area contributed by atoms with Gasteiger partial charge in [-0.1, -0.05) is 23.7 Å². The van der Waals surface area contributed by atoms with Crippen LogP contribution in [0.4, 0.5) is 5.95 Å². The summed E-state index contributed by atoms with van der Waals surface area (Å²) in [6.07, 6.45) is 2.30. The summed E-state index contributed by atoms with van der Waals surface area (Å²) in [5.41, 5.74) is 2.05. The highest BCUT2D eigenvalue weighted by molar-refractivity contribution is 6.30. The Morgan fingerprint density at radius 3 is 2.84 bits per heavy atom. The minimum Gasteiger partial charge on any atom is -0.376 e. The molecular weight excluding hydrogens is 340 g/mol. The van der Waals surface area contributed by atoms with E-state index in [0.29, 0.717) is 29.8 Å². The van der Waals surface area contributed by atoms with E-state index < -0.39 is 0 Å². The van der Waals surface area contributed by atoms with Gasteiger partial charge in [0.25, 0.3) is 5.91 Å². The van der Waals surface area contributed by atoms with Crippen LogP contribution in [0.3, 0.4) is 0 Å². The van der Waals surface area contributed by atoms with E-state index in [0.717, 1.165) is 30.7 Å². The van der Waals surface area contributed by atoms with E-state index in [9.17, 15) is 4.79 Å². The SMILES string of the molecule is Cc1cc(C(=O)NCc2ccc(Cl)cc2)nc(NCC2CCCO2)n1. The Morgan fingerprint density at radius 1 is 1.32 bits per heavy atom. The lowest BCUT2D eigenvalue weighted by Crippen LogP contribution is -2.25. The van der Waals surface area contributed by atoms with Crippen LogP contribution in [0.2, 0.25) is 5.02 Å². The van der Waals surface area contributed by atoms with Crippen LogP contribution in [0.25, 0.3) is 0 Å². The molecule has 1 fully saturated rings. The molecule has 0 bridgehead atoms. The van der Waals surface area contributed by atoms with E-state index >= 15 is 0 Å². The summed E-state index contributed by atoms with van der Waals surface area (Å²) in [6.45, 7) is 3.71. The monoisotopic (exact) mass is 360 g/mol. The second-order valence-electron chi connectivity index (χ2n) is 6.04. The van der Waals surface area contributed by atoms with Gasteiger partial charge < -0.3 is 15.4 Å². The van der Waals surface area contributed by atoms with E-state index in [1.165, 1.54) is 0 Å². The molecule has 1 saturated heterocycles. The van der Waals surface area contributed by atoms with Crippen molar-refractivity contribution in [2.75, 3.05) is 18.5 Å². The van der Waals surface area contributed by atoms with Crippen LogP contribution < -0.4 is 10.6 Å². The lowest BCUT2D eigenvalue weighted by Gasteiger charge is -2.12. The van der Waals surface area contributed by atoms with Crippen molar-refractivity contribution in [3.8, 4) is 0 Å². The average molecular weight is 361 g/mol. The number of aryl methyl sites for hydroxylation is 1. The standard InChI is InChI=1S/C18H21ClN4O2/c1-12-9-16(17(24)20-10-13-4-6-14(19)7-5-13)23-18(22-12)21-11-15-3-2-8-25-15/h4-7,9,15H,2-3,8,10-11H2,1H3,(H,20,24)(H,21,22,23). The van der Waals surface area contributed by atoms with Crippen LogP contribution >= 0.6 is 11.6 Å². The maximum absolute atomic E-state index is 12.4. The first kappa shape index (κ1) is 17.6. The molecule has 1 aliphatic heterocycles. The first-order valence-corrected chi connectivity index (χ1v) is 8.72. The summed E-state index contributed by atoms with van der Waals surface area (Å²) in [5.74, 6) is 0.216. The average Bonchev–Trinajstić information content (AvgIpc) is 3.12. The van der Waals surface area contributed by atoms with Crippen molar-refractivity contribution in [3.05, 3.63) is 52.3 Å². The molecule has 1 aromatic carbocycles. The van der Waals surface area contributed by atoms with Gasteiger partial charge in [0.15, 0.2) is 0 Å². The summed E-state index contributed by atoms with van der Waals surface area (Å²) in [5, 5.41) is 6.69. The topological polar surface area (TPSA) is 76.1 Å². The molecule has 1 unspecified atom stereocenters. The quantitative estimate of drug-likeness (QED) is 0.828. The smallest absolute Gasteiger partial charge is 0.270 e. The van der Waals surface area contributed by atoms with Crippen molar-refractivity contribution < 1.29 is 9.53 Å².